The Bertz CT molecular complexity index is 729. The molecule has 0 radical (unpaired) electrons. The van der Waals surface area contributed by atoms with Gasteiger partial charge in [0, 0.05) is 12.0 Å². The smallest absolute Gasteiger partial charge is 0.343 e. The van der Waals surface area contributed by atoms with Crippen LogP contribution in [0.25, 0.3) is 0 Å². The summed E-state index contributed by atoms with van der Waals surface area (Å²) < 4.78 is 11.0. The summed E-state index contributed by atoms with van der Waals surface area (Å²) in [6.07, 6.45) is 3.09. The van der Waals surface area contributed by atoms with Crippen molar-refractivity contribution in [1.29, 1.82) is 0 Å². The van der Waals surface area contributed by atoms with Gasteiger partial charge in [-0.05, 0) is 31.9 Å². The highest BCUT2D eigenvalue weighted by atomic mass is 16.5. The van der Waals surface area contributed by atoms with Gasteiger partial charge in [-0.3, -0.25) is 0 Å². The van der Waals surface area contributed by atoms with Gasteiger partial charge in [0.15, 0.2) is 0 Å². The molecule has 0 bridgehead atoms. The van der Waals surface area contributed by atoms with Gasteiger partial charge in [0.05, 0.1) is 11.1 Å². The maximum Gasteiger partial charge on any atom is 0.343 e. The average molecular weight is 314 g/mol. The average Bonchev–Trinajstić information content (AvgIpc) is 2.56. The quantitative estimate of drug-likeness (QED) is 0.754. The summed E-state index contributed by atoms with van der Waals surface area (Å²) in [4.78, 5) is 24.4. The minimum Gasteiger partial charge on any atom is -0.427 e. The molecule has 0 saturated heterocycles. The van der Waals surface area contributed by atoms with Crippen LogP contribution in [-0.4, -0.2) is 5.97 Å². The number of benzene rings is 1. The Morgan fingerprint density at radius 1 is 1.09 bits per heavy atom. The maximum absolute atomic E-state index is 12.3. The summed E-state index contributed by atoms with van der Waals surface area (Å²) in [6.45, 7) is 5.69. The molecule has 1 heterocycles. The van der Waals surface area contributed by atoms with E-state index in [1.807, 2.05) is 19.9 Å². The standard InChI is InChI=1S/C19H22O4/c1-4-9-15-16(10-5-2)22-18(20)13(3)17(15)23-19(21)14-11-7-6-8-12-14/h6-8,11-12H,4-5,9-10H2,1-3H3. The molecule has 0 atom stereocenters. The predicted octanol–water partition coefficient (Wildman–Crippen LogP) is 4.07. The zero-order valence-corrected chi connectivity index (χ0v) is 13.8. The van der Waals surface area contributed by atoms with Crippen LogP contribution in [0.1, 0.15) is 53.9 Å². The summed E-state index contributed by atoms with van der Waals surface area (Å²) in [5, 5.41) is 0. The molecule has 0 unspecified atom stereocenters. The van der Waals surface area contributed by atoms with Crippen LogP contribution < -0.4 is 10.4 Å². The molecule has 4 nitrogen and oxygen atoms in total. The minimum atomic E-state index is -0.459. The van der Waals surface area contributed by atoms with Gasteiger partial charge >= 0.3 is 11.6 Å². The highest BCUT2D eigenvalue weighted by Crippen LogP contribution is 2.27. The van der Waals surface area contributed by atoms with Gasteiger partial charge in [-0.1, -0.05) is 38.5 Å². The Balaban J connectivity index is 2.47. The van der Waals surface area contributed by atoms with E-state index in [1.165, 1.54) is 0 Å². The van der Waals surface area contributed by atoms with E-state index >= 15 is 0 Å². The van der Waals surface area contributed by atoms with Crippen molar-refractivity contribution in [3.8, 4) is 5.75 Å². The minimum absolute atomic E-state index is 0.345. The first kappa shape index (κ1) is 17.0. The van der Waals surface area contributed by atoms with E-state index in [9.17, 15) is 9.59 Å². The second-order valence-corrected chi connectivity index (χ2v) is 5.50. The normalized spacial score (nSPS) is 10.6. The number of carbonyl (C=O) groups is 1. The Labute approximate surface area is 136 Å². The number of aryl methyl sites for hydroxylation is 1. The molecule has 23 heavy (non-hydrogen) atoms. The van der Waals surface area contributed by atoms with Crippen LogP contribution in [0.4, 0.5) is 0 Å². The monoisotopic (exact) mass is 314 g/mol. The van der Waals surface area contributed by atoms with Crippen LogP contribution in [-0.2, 0) is 12.8 Å². The lowest BCUT2D eigenvalue weighted by Crippen LogP contribution is -2.17. The van der Waals surface area contributed by atoms with Gasteiger partial charge in [0.25, 0.3) is 0 Å². The Morgan fingerprint density at radius 3 is 2.35 bits per heavy atom. The molecular formula is C19H22O4. The molecular weight excluding hydrogens is 292 g/mol. The van der Waals surface area contributed by atoms with Crippen molar-refractivity contribution in [3.05, 3.63) is 63.2 Å². The fourth-order valence-corrected chi connectivity index (χ4v) is 2.49. The van der Waals surface area contributed by atoms with Crippen LogP contribution in [0.3, 0.4) is 0 Å². The van der Waals surface area contributed by atoms with E-state index in [1.54, 1.807) is 31.2 Å². The number of rotatable bonds is 6. The van der Waals surface area contributed by atoms with Gasteiger partial charge < -0.3 is 9.15 Å². The molecule has 0 spiro atoms. The molecule has 0 saturated carbocycles. The molecule has 0 N–H and O–H groups in total. The molecule has 2 rings (SSSR count). The van der Waals surface area contributed by atoms with Crippen LogP contribution >= 0.6 is 0 Å². The number of esters is 1. The van der Waals surface area contributed by atoms with E-state index in [0.717, 1.165) is 18.4 Å². The lowest BCUT2D eigenvalue weighted by molar-refractivity contribution is 0.0730. The van der Waals surface area contributed by atoms with Crippen LogP contribution in [0.15, 0.2) is 39.5 Å². The van der Waals surface area contributed by atoms with E-state index in [2.05, 4.69) is 0 Å². The maximum atomic E-state index is 12.3. The molecule has 122 valence electrons. The fraction of sp³-hybridized carbons (Fsp3) is 0.368. The first-order valence-corrected chi connectivity index (χ1v) is 8.01. The largest absolute Gasteiger partial charge is 0.427 e. The lowest BCUT2D eigenvalue weighted by Gasteiger charge is -2.14. The van der Waals surface area contributed by atoms with Crippen LogP contribution in [0.5, 0.6) is 5.75 Å². The topological polar surface area (TPSA) is 56.5 Å². The molecule has 0 aliphatic carbocycles. The second-order valence-electron chi connectivity index (χ2n) is 5.50. The van der Waals surface area contributed by atoms with Crippen molar-refractivity contribution >= 4 is 5.97 Å². The third kappa shape index (κ3) is 3.89. The van der Waals surface area contributed by atoms with Crippen molar-refractivity contribution < 1.29 is 13.9 Å². The molecule has 1 aromatic heterocycles. The Hall–Kier alpha value is -2.36. The van der Waals surface area contributed by atoms with Crippen molar-refractivity contribution in [2.24, 2.45) is 0 Å². The third-order valence-corrected chi connectivity index (χ3v) is 3.65. The highest BCUT2D eigenvalue weighted by molar-refractivity contribution is 5.91. The summed E-state index contributed by atoms with van der Waals surface area (Å²) in [7, 11) is 0. The zero-order chi connectivity index (χ0) is 16.8. The number of hydrogen-bond donors (Lipinski definition) is 0. The van der Waals surface area contributed by atoms with E-state index < -0.39 is 11.6 Å². The summed E-state index contributed by atoms with van der Waals surface area (Å²) in [5.74, 6) is 0.528. The van der Waals surface area contributed by atoms with Crippen molar-refractivity contribution in [3.63, 3.8) is 0 Å². The van der Waals surface area contributed by atoms with E-state index in [-0.39, 0.29) is 0 Å². The number of hydrogen-bond acceptors (Lipinski definition) is 4. The summed E-state index contributed by atoms with van der Waals surface area (Å²) in [5.41, 5.74) is 1.19. The van der Waals surface area contributed by atoms with Crippen molar-refractivity contribution in [2.45, 2.75) is 46.5 Å². The molecule has 0 amide bonds. The first-order chi connectivity index (χ1) is 11.1. The Morgan fingerprint density at radius 2 is 1.74 bits per heavy atom. The lowest BCUT2D eigenvalue weighted by atomic mass is 10.0. The molecule has 0 aliphatic heterocycles. The van der Waals surface area contributed by atoms with E-state index in [4.69, 9.17) is 9.15 Å². The van der Waals surface area contributed by atoms with Gasteiger partial charge in [-0.2, -0.15) is 0 Å². The molecule has 0 fully saturated rings. The first-order valence-electron chi connectivity index (χ1n) is 8.01. The van der Waals surface area contributed by atoms with Crippen LogP contribution in [0.2, 0.25) is 0 Å². The van der Waals surface area contributed by atoms with Gasteiger partial charge in [0.1, 0.15) is 11.5 Å². The summed E-state index contributed by atoms with van der Waals surface area (Å²) >= 11 is 0. The molecule has 0 aliphatic rings. The highest BCUT2D eigenvalue weighted by Gasteiger charge is 2.20. The van der Waals surface area contributed by atoms with E-state index in [0.29, 0.717) is 35.5 Å². The molecule has 4 heteroatoms. The fourth-order valence-electron chi connectivity index (χ4n) is 2.49. The third-order valence-electron chi connectivity index (χ3n) is 3.65. The zero-order valence-electron chi connectivity index (χ0n) is 13.8. The Kier molecular flexibility index (Phi) is 5.74. The van der Waals surface area contributed by atoms with Gasteiger partial charge in [0.2, 0.25) is 0 Å². The van der Waals surface area contributed by atoms with Crippen molar-refractivity contribution in [1.82, 2.24) is 0 Å². The number of ether oxygens (including phenoxy) is 1. The van der Waals surface area contributed by atoms with Crippen LogP contribution in [0, 0.1) is 6.92 Å². The van der Waals surface area contributed by atoms with Gasteiger partial charge in [-0.15, -0.1) is 0 Å². The second kappa shape index (κ2) is 7.77. The molecule has 1 aromatic carbocycles. The SMILES string of the molecule is CCCc1oc(=O)c(C)c(OC(=O)c2ccccc2)c1CCC. The van der Waals surface area contributed by atoms with Gasteiger partial charge in [-0.25, -0.2) is 9.59 Å². The predicted molar refractivity (Wildman–Crippen MR) is 89.1 cm³/mol. The number of carbonyl (C=O) groups excluding carboxylic acids is 1. The van der Waals surface area contributed by atoms with Crippen molar-refractivity contribution in [2.75, 3.05) is 0 Å². The molecule has 2 aromatic rings. The summed E-state index contributed by atoms with van der Waals surface area (Å²) in [6, 6.07) is 8.77.